The molecule has 1 aromatic heterocycles. The largest absolute Gasteiger partial charge is 0.268 e. The first kappa shape index (κ1) is 18.6. The van der Waals surface area contributed by atoms with E-state index < -0.39 is 0 Å². The molecule has 0 bridgehead atoms. The van der Waals surface area contributed by atoms with Crippen LogP contribution in [0.3, 0.4) is 0 Å². The number of hydrogen-bond donors (Lipinski definition) is 0. The van der Waals surface area contributed by atoms with E-state index in [1.807, 2.05) is 55.5 Å². The van der Waals surface area contributed by atoms with Gasteiger partial charge in [-0.05, 0) is 83.6 Å². The van der Waals surface area contributed by atoms with E-state index in [1.54, 1.807) is 22.8 Å². The number of hydrogen-bond acceptors (Lipinski definition) is 2. The zero-order chi connectivity index (χ0) is 19.7. The first-order valence-electron chi connectivity index (χ1n) is 8.74. The van der Waals surface area contributed by atoms with Crippen LogP contribution in [-0.2, 0) is 0 Å². The average molecular weight is 482 g/mol. The third kappa shape index (κ3) is 3.75. The fourth-order valence-corrected chi connectivity index (χ4v) is 3.47. The highest BCUT2D eigenvalue weighted by Gasteiger charge is 2.11. The van der Waals surface area contributed by atoms with Crippen LogP contribution < -0.4 is 5.56 Å². The molecule has 4 aromatic rings. The van der Waals surface area contributed by atoms with Crippen molar-refractivity contribution in [1.29, 1.82) is 0 Å². The van der Waals surface area contributed by atoms with E-state index >= 15 is 0 Å². The molecule has 3 nitrogen and oxygen atoms in total. The summed E-state index contributed by atoms with van der Waals surface area (Å²) < 4.78 is 15.7. The lowest BCUT2D eigenvalue weighted by Gasteiger charge is -2.12. The summed E-state index contributed by atoms with van der Waals surface area (Å²) in [6.07, 6.45) is 3.61. The molecule has 138 valence electrons. The molecule has 0 radical (unpaired) electrons. The van der Waals surface area contributed by atoms with Crippen LogP contribution in [-0.4, -0.2) is 9.55 Å². The van der Waals surface area contributed by atoms with Crippen molar-refractivity contribution in [1.82, 2.24) is 9.55 Å². The van der Waals surface area contributed by atoms with Crippen LogP contribution in [0.1, 0.15) is 17.0 Å². The Bertz CT molecular complexity index is 1240. The molecule has 0 saturated heterocycles. The summed E-state index contributed by atoms with van der Waals surface area (Å²) in [5.41, 5.74) is 3.22. The molecule has 3 aromatic carbocycles. The van der Waals surface area contributed by atoms with Gasteiger partial charge in [-0.2, -0.15) is 0 Å². The van der Waals surface area contributed by atoms with E-state index in [2.05, 4.69) is 22.6 Å². The van der Waals surface area contributed by atoms with Gasteiger partial charge < -0.3 is 0 Å². The highest BCUT2D eigenvalue weighted by molar-refractivity contribution is 14.1. The molecule has 0 aliphatic rings. The van der Waals surface area contributed by atoms with Crippen LogP contribution >= 0.6 is 22.6 Å². The zero-order valence-corrected chi connectivity index (χ0v) is 17.2. The second-order valence-corrected chi connectivity index (χ2v) is 7.74. The number of benzene rings is 3. The van der Waals surface area contributed by atoms with Gasteiger partial charge in [-0.3, -0.25) is 9.36 Å². The molecule has 0 spiro atoms. The van der Waals surface area contributed by atoms with Gasteiger partial charge in [0.15, 0.2) is 0 Å². The molecular formula is C23H16FIN2O. The maximum atomic E-state index is 13.3. The van der Waals surface area contributed by atoms with Gasteiger partial charge in [0.2, 0.25) is 0 Å². The second kappa shape index (κ2) is 7.67. The number of aromatic nitrogens is 2. The van der Waals surface area contributed by atoms with E-state index in [9.17, 15) is 9.18 Å². The molecule has 0 atom stereocenters. The molecular weight excluding hydrogens is 466 g/mol. The lowest BCUT2D eigenvalue weighted by molar-refractivity contribution is 0.628. The molecule has 0 N–H and O–H groups in total. The number of nitrogens with zero attached hydrogens (tertiary/aromatic N) is 2. The SMILES string of the molecule is Cc1ccc(-n2c(/C=C/c3ccc(F)cc3)nc3ccc(I)cc3c2=O)cc1. The Labute approximate surface area is 175 Å². The van der Waals surface area contributed by atoms with Crippen molar-refractivity contribution < 1.29 is 4.39 Å². The summed E-state index contributed by atoms with van der Waals surface area (Å²) in [6, 6.07) is 19.6. The highest BCUT2D eigenvalue weighted by atomic mass is 127. The summed E-state index contributed by atoms with van der Waals surface area (Å²) in [6.45, 7) is 2.00. The Balaban J connectivity index is 1.93. The first-order chi connectivity index (χ1) is 13.5. The van der Waals surface area contributed by atoms with Crippen LogP contribution in [0.4, 0.5) is 4.39 Å². The van der Waals surface area contributed by atoms with Crippen molar-refractivity contribution in [2.45, 2.75) is 6.92 Å². The molecule has 28 heavy (non-hydrogen) atoms. The highest BCUT2D eigenvalue weighted by Crippen LogP contribution is 2.18. The molecule has 4 rings (SSSR count). The molecule has 0 fully saturated rings. The predicted molar refractivity (Wildman–Crippen MR) is 120 cm³/mol. The predicted octanol–water partition coefficient (Wildman–Crippen LogP) is 5.61. The lowest BCUT2D eigenvalue weighted by Crippen LogP contribution is -2.22. The van der Waals surface area contributed by atoms with Crippen molar-refractivity contribution in [2.75, 3.05) is 0 Å². The zero-order valence-electron chi connectivity index (χ0n) is 15.1. The Morgan fingerprint density at radius 2 is 1.68 bits per heavy atom. The Morgan fingerprint density at radius 1 is 0.964 bits per heavy atom. The summed E-state index contributed by atoms with van der Waals surface area (Å²) >= 11 is 2.19. The van der Waals surface area contributed by atoms with E-state index in [0.29, 0.717) is 16.7 Å². The molecule has 0 aliphatic heterocycles. The third-order valence-corrected chi connectivity index (χ3v) is 5.11. The fraction of sp³-hybridized carbons (Fsp3) is 0.0435. The van der Waals surface area contributed by atoms with Gasteiger partial charge in [0.1, 0.15) is 11.6 Å². The summed E-state index contributed by atoms with van der Waals surface area (Å²) in [5, 5.41) is 0.575. The maximum absolute atomic E-state index is 13.3. The maximum Gasteiger partial charge on any atom is 0.266 e. The quantitative estimate of drug-likeness (QED) is 0.356. The van der Waals surface area contributed by atoms with Gasteiger partial charge in [-0.25, -0.2) is 9.37 Å². The summed E-state index contributed by atoms with van der Waals surface area (Å²) in [4.78, 5) is 18.0. The number of rotatable bonds is 3. The molecule has 0 amide bonds. The minimum Gasteiger partial charge on any atom is -0.268 e. The summed E-state index contributed by atoms with van der Waals surface area (Å²) in [5.74, 6) is 0.235. The number of fused-ring (bicyclic) bond motifs is 1. The molecule has 0 unspecified atom stereocenters. The van der Waals surface area contributed by atoms with Crippen molar-refractivity contribution in [2.24, 2.45) is 0 Å². The van der Waals surface area contributed by atoms with E-state index in [4.69, 9.17) is 4.98 Å². The topological polar surface area (TPSA) is 34.9 Å². The standard InChI is InChI=1S/C23H16FIN2O/c1-15-2-10-19(11-3-15)27-22(13-6-16-4-7-17(24)8-5-16)26-21-12-9-18(25)14-20(21)23(27)28/h2-14H,1H3/b13-6+. The van der Waals surface area contributed by atoms with Gasteiger partial charge in [-0.1, -0.05) is 35.9 Å². The smallest absolute Gasteiger partial charge is 0.266 e. The van der Waals surface area contributed by atoms with Crippen molar-refractivity contribution >= 4 is 45.6 Å². The first-order valence-corrected chi connectivity index (χ1v) is 9.82. The fourth-order valence-electron chi connectivity index (χ4n) is 2.97. The van der Waals surface area contributed by atoms with Crippen LogP contribution in [0.2, 0.25) is 0 Å². The van der Waals surface area contributed by atoms with Crippen LogP contribution in [0.25, 0.3) is 28.7 Å². The minimum absolute atomic E-state index is 0.119. The Hall–Kier alpha value is -2.80. The lowest BCUT2D eigenvalue weighted by atomic mass is 10.2. The van der Waals surface area contributed by atoms with E-state index in [1.165, 1.54) is 12.1 Å². The van der Waals surface area contributed by atoms with E-state index in [-0.39, 0.29) is 11.4 Å². The van der Waals surface area contributed by atoms with Crippen LogP contribution in [0.5, 0.6) is 0 Å². The third-order valence-electron chi connectivity index (χ3n) is 4.44. The molecule has 5 heteroatoms. The number of halogens is 2. The van der Waals surface area contributed by atoms with Gasteiger partial charge in [0.05, 0.1) is 16.6 Å². The van der Waals surface area contributed by atoms with E-state index in [0.717, 1.165) is 20.4 Å². The monoisotopic (exact) mass is 482 g/mol. The van der Waals surface area contributed by atoms with Gasteiger partial charge in [-0.15, -0.1) is 0 Å². The van der Waals surface area contributed by atoms with Crippen molar-refractivity contribution in [3.05, 3.63) is 103 Å². The van der Waals surface area contributed by atoms with Gasteiger partial charge in [0.25, 0.3) is 5.56 Å². The Morgan fingerprint density at radius 3 is 2.39 bits per heavy atom. The number of aryl methyl sites for hydroxylation is 1. The normalized spacial score (nSPS) is 11.4. The van der Waals surface area contributed by atoms with Gasteiger partial charge >= 0.3 is 0 Å². The Kier molecular flexibility index (Phi) is 5.09. The summed E-state index contributed by atoms with van der Waals surface area (Å²) in [7, 11) is 0. The van der Waals surface area contributed by atoms with Crippen LogP contribution in [0.15, 0.2) is 71.5 Å². The molecule has 0 aliphatic carbocycles. The molecule has 1 heterocycles. The van der Waals surface area contributed by atoms with Gasteiger partial charge in [0, 0.05) is 3.57 Å². The minimum atomic E-state index is -0.285. The van der Waals surface area contributed by atoms with Crippen molar-refractivity contribution in [3.8, 4) is 5.69 Å². The molecule has 0 saturated carbocycles. The van der Waals surface area contributed by atoms with Crippen LogP contribution in [0, 0.1) is 16.3 Å². The average Bonchev–Trinajstić information content (AvgIpc) is 2.69. The second-order valence-electron chi connectivity index (χ2n) is 6.49. The van der Waals surface area contributed by atoms with Crippen molar-refractivity contribution in [3.63, 3.8) is 0 Å².